The fourth-order valence-electron chi connectivity index (χ4n) is 6.02. The Morgan fingerprint density at radius 3 is 1.05 bits per heavy atom. The second kappa shape index (κ2) is 92.1. The van der Waals surface area contributed by atoms with Crippen molar-refractivity contribution in [2.75, 3.05) is 57.5 Å². The summed E-state index contributed by atoms with van der Waals surface area (Å²) < 4.78 is 0. The molecule has 0 aliphatic rings. The van der Waals surface area contributed by atoms with Crippen molar-refractivity contribution in [2.45, 2.75) is 330 Å². The van der Waals surface area contributed by atoms with Crippen molar-refractivity contribution >= 4 is 118 Å². The molecule has 0 aromatic carbocycles. The molecule has 0 amide bonds. The maximum atomic E-state index is 3.20. The second-order valence-corrected chi connectivity index (χ2v) is 43.7. The zero-order valence-electron chi connectivity index (χ0n) is 69.8. The predicted molar refractivity (Wildman–Crippen MR) is 490 cm³/mol. The fraction of sp³-hybridized carbons (Fsp3) is 0.814. The standard InChI is InChI=1S/2C11H22S.C11H20S.2C11H22S.C11H20S.2C10H20S2/c1-10(2)6-5-8-12-9-7-11(3)4;2*1-10(2)7-5-6-8-12-9-11(3)4;3*1-10(2)8-6-5-7-9-12-11(3)4;1-9(2)8-11-6-5-7-12-10(3)4;1-9(2)11-7-5-6-8-12-10(3)4/h5,8,10-11H,6-7,9H2,1-4H3;5-6,10-11H,7-9H2,1-4H3;10-11H,7-9H2,1-4H3;7,9-11H,5-6,8H2,1-4H3;5-6,10-11H,7-9H2,1-4H3;10-11H,7-9H2,1-4H3;2*5,7,9-10H,6,8H2,1-4H3/b8-5-;6-5-;;9-7-;6-5-;;2*7-5-. The Bertz CT molecular complexity index is 1480. The average molecular weight is 1520 g/mol. The first-order valence-electron chi connectivity index (χ1n) is 38.0. The molecular formula is C86H168S10. The number of rotatable bonds is 44. The Morgan fingerprint density at radius 2 is 0.646 bits per heavy atom. The lowest BCUT2D eigenvalue weighted by Gasteiger charge is -2.01. The lowest BCUT2D eigenvalue weighted by atomic mass is 10.1. The van der Waals surface area contributed by atoms with Crippen molar-refractivity contribution in [3.05, 3.63) is 70.2 Å². The highest BCUT2D eigenvalue weighted by atomic mass is 32.2. The summed E-state index contributed by atoms with van der Waals surface area (Å²) in [5.74, 6) is 32.9. The minimum atomic E-state index is 0.715. The van der Waals surface area contributed by atoms with Crippen molar-refractivity contribution in [3.63, 3.8) is 0 Å². The maximum Gasteiger partial charge on any atom is 0.0547 e. The Balaban J connectivity index is -0.000000154. The Labute approximate surface area is 652 Å². The SMILES string of the molecule is CC(C)C/C=C\CCSC(C)C.CC(C)C/C=C\CSCC(C)C.CC(C)C/C=C\SCCC(C)C.CC(C)CC#CCCSC(C)C.CC(C)CC#CCSCC(C)C.CC(C)CCC/C=C\SC(C)C.CC(C)CSC/C=C\SC(C)C.CC(C)S/C=C\CCSC(C)C. The minimum absolute atomic E-state index is 0.715. The second-order valence-electron chi connectivity index (χ2n) is 30.0. The fourth-order valence-corrected chi connectivity index (χ4v) is 13.5. The zero-order valence-corrected chi connectivity index (χ0v) is 78.0. The molecular weight excluding hydrogens is 1350 g/mol. The molecule has 0 rings (SSSR count). The molecule has 0 atom stereocenters. The van der Waals surface area contributed by atoms with Crippen LogP contribution in [0.15, 0.2) is 70.2 Å². The first-order valence-corrected chi connectivity index (χ1v) is 48.5. The van der Waals surface area contributed by atoms with Crippen molar-refractivity contribution in [3.8, 4) is 23.7 Å². The molecule has 0 saturated carbocycles. The summed E-state index contributed by atoms with van der Waals surface area (Å²) in [6.45, 7) is 71.8. The van der Waals surface area contributed by atoms with Gasteiger partial charge in [-0.05, 0) is 182 Å². The van der Waals surface area contributed by atoms with Crippen LogP contribution in [0.1, 0.15) is 299 Å². The van der Waals surface area contributed by atoms with Gasteiger partial charge in [0.25, 0.3) is 0 Å². The van der Waals surface area contributed by atoms with E-state index in [0.717, 1.165) is 116 Å². The number of hydrogen-bond donors (Lipinski definition) is 0. The summed E-state index contributed by atoms with van der Waals surface area (Å²) >= 11 is 19.7. The van der Waals surface area contributed by atoms with Crippen LogP contribution in [0.5, 0.6) is 0 Å². The van der Waals surface area contributed by atoms with E-state index in [1.807, 2.05) is 118 Å². The molecule has 0 spiro atoms. The highest BCUT2D eigenvalue weighted by molar-refractivity contribution is 8.03. The first-order chi connectivity index (χ1) is 45.0. The largest absolute Gasteiger partial charge is 0.159 e. The number of allylic oxidation sites excluding steroid dienone is 6. The Kier molecular flexibility index (Phi) is 108. The van der Waals surface area contributed by atoms with Gasteiger partial charge in [0.2, 0.25) is 0 Å². The van der Waals surface area contributed by atoms with E-state index in [0.29, 0.717) is 5.92 Å². The molecule has 0 radical (unpaired) electrons. The molecule has 0 saturated heterocycles. The number of unbranched alkanes of at least 4 members (excludes halogenated alkanes) is 1. The summed E-state index contributed by atoms with van der Waals surface area (Å²) in [7, 11) is 0. The van der Waals surface area contributed by atoms with Gasteiger partial charge in [-0.2, -0.15) is 58.8 Å². The zero-order chi connectivity index (χ0) is 75.2. The van der Waals surface area contributed by atoms with E-state index in [-0.39, 0.29) is 0 Å². The highest BCUT2D eigenvalue weighted by Gasteiger charge is 1.99. The van der Waals surface area contributed by atoms with Gasteiger partial charge in [-0.25, -0.2) is 0 Å². The van der Waals surface area contributed by atoms with Crippen LogP contribution in [0.3, 0.4) is 0 Å². The van der Waals surface area contributed by atoms with E-state index in [1.54, 1.807) is 0 Å². The Hall–Kier alpha value is 1.06. The summed E-state index contributed by atoms with van der Waals surface area (Å²) in [6, 6.07) is 0. The van der Waals surface area contributed by atoms with Crippen LogP contribution < -0.4 is 0 Å². The van der Waals surface area contributed by atoms with Gasteiger partial charge in [-0.1, -0.05) is 283 Å². The Morgan fingerprint density at radius 1 is 0.271 bits per heavy atom. The van der Waals surface area contributed by atoms with Crippen LogP contribution in [0, 0.1) is 82.9 Å². The van der Waals surface area contributed by atoms with E-state index in [1.165, 1.54) is 104 Å². The summed E-state index contributed by atoms with van der Waals surface area (Å²) in [5.41, 5.74) is 0. The summed E-state index contributed by atoms with van der Waals surface area (Å²) in [4.78, 5) is 0. The monoisotopic (exact) mass is 1520 g/mol. The summed E-state index contributed by atoms with van der Waals surface area (Å²) in [6.07, 6.45) is 32.9. The van der Waals surface area contributed by atoms with E-state index in [9.17, 15) is 0 Å². The van der Waals surface area contributed by atoms with Gasteiger partial charge in [-0.3, -0.25) is 0 Å². The van der Waals surface area contributed by atoms with Crippen molar-refractivity contribution in [1.29, 1.82) is 0 Å². The lowest BCUT2D eigenvalue weighted by Crippen LogP contribution is -1.90. The molecule has 0 aliphatic carbocycles. The first kappa shape index (κ1) is 113. The third-order valence-corrected chi connectivity index (χ3v) is 21.9. The molecule has 10 heteroatoms. The highest BCUT2D eigenvalue weighted by Crippen LogP contribution is 2.18. The molecule has 0 bridgehead atoms. The maximum absolute atomic E-state index is 3.20. The predicted octanol–water partition coefficient (Wildman–Crippen LogP) is 32.1. The van der Waals surface area contributed by atoms with Gasteiger partial charge >= 0.3 is 0 Å². The van der Waals surface area contributed by atoms with Crippen molar-refractivity contribution in [1.82, 2.24) is 0 Å². The van der Waals surface area contributed by atoms with E-state index < -0.39 is 0 Å². The number of thioether (sulfide) groups is 10. The van der Waals surface area contributed by atoms with Crippen molar-refractivity contribution in [2.24, 2.45) is 59.2 Å². The van der Waals surface area contributed by atoms with Crippen LogP contribution in [0.25, 0.3) is 0 Å². The lowest BCUT2D eigenvalue weighted by molar-refractivity contribution is 0.560. The van der Waals surface area contributed by atoms with Crippen molar-refractivity contribution < 1.29 is 0 Å². The topological polar surface area (TPSA) is 0 Å². The summed E-state index contributed by atoms with van der Waals surface area (Å²) in [5, 5.41) is 13.4. The van der Waals surface area contributed by atoms with Gasteiger partial charge in [-0.15, -0.1) is 76.6 Å². The molecule has 0 nitrogen and oxygen atoms in total. The molecule has 572 valence electrons. The molecule has 0 aromatic rings. The molecule has 0 N–H and O–H groups in total. The smallest absolute Gasteiger partial charge is 0.0547 e. The van der Waals surface area contributed by atoms with E-state index >= 15 is 0 Å². The van der Waals surface area contributed by atoms with Gasteiger partial charge in [0.15, 0.2) is 0 Å². The molecule has 0 unspecified atom stereocenters. The molecule has 96 heavy (non-hydrogen) atoms. The normalized spacial score (nSPS) is 11.7. The van der Waals surface area contributed by atoms with Crippen LogP contribution >= 0.6 is 118 Å². The van der Waals surface area contributed by atoms with E-state index in [4.69, 9.17) is 0 Å². The third kappa shape index (κ3) is 158. The van der Waals surface area contributed by atoms with Crippen LogP contribution in [-0.4, -0.2) is 89.0 Å². The van der Waals surface area contributed by atoms with Gasteiger partial charge in [0, 0.05) is 52.3 Å². The molecule has 0 aromatic heterocycles. The van der Waals surface area contributed by atoms with Gasteiger partial charge in [0.05, 0.1) is 5.75 Å². The van der Waals surface area contributed by atoms with E-state index in [2.05, 4.69) is 315 Å². The van der Waals surface area contributed by atoms with Crippen LogP contribution in [0.2, 0.25) is 0 Å². The quantitative estimate of drug-likeness (QED) is 0.0327. The van der Waals surface area contributed by atoms with Crippen LogP contribution in [-0.2, 0) is 0 Å². The average Bonchev–Trinajstić information content (AvgIpc) is 3.48. The number of hydrogen-bond acceptors (Lipinski definition) is 10. The van der Waals surface area contributed by atoms with Crippen LogP contribution in [0.4, 0.5) is 0 Å². The molecule has 0 heterocycles. The molecule has 0 aliphatic heterocycles. The van der Waals surface area contributed by atoms with Gasteiger partial charge < -0.3 is 0 Å². The minimum Gasteiger partial charge on any atom is -0.159 e. The third-order valence-electron chi connectivity index (χ3n) is 11.0. The molecule has 0 fully saturated rings. The van der Waals surface area contributed by atoms with Gasteiger partial charge in [0.1, 0.15) is 0 Å².